The van der Waals surface area contributed by atoms with Crippen molar-refractivity contribution >= 4 is 22.5 Å². The van der Waals surface area contributed by atoms with Gasteiger partial charge in [0.2, 0.25) is 0 Å². The summed E-state index contributed by atoms with van der Waals surface area (Å²) < 4.78 is 1.86. The Labute approximate surface area is 164 Å². The summed E-state index contributed by atoms with van der Waals surface area (Å²) in [5.74, 6) is 0. The maximum Gasteiger partial charge on any atom is 0.261 e. The van der Waals surface area contributed by atoms with Crippen LogP contribution >= 0.6 is 11.6 Å². The highest BCUT2D eigenvalue weighted by atomic mass is 35.5. The van der Waals surface area contributed by atoms with E-state index >= 15 is 0 Å². The zero-order valence-corrected chi connectivity index (χ0v) is 16.6. The Bertz CT molecular complexity index is 1030. The first kappa shape index (κ1) is 18.2. The molecule has 2 heterocycles. The third kappa shape index (κ3) is 3.51. The third-order valence-electron chi connectivity index (χ3n) is 5.90. The number of pyridine rings is 1. The van der Waals surface area contributed by atoms with Crippen molar-refractivity contribution in [3.8, 4) is 0 Å². The fraction of sp³-hybridized carbons (Fsp3) is 0.409. The Morgan fingerprint density at radius 1 is 1.11 bits per heavy atom. The summed E-state index contributed by atoms with van der Waals surface area (Å²) >= 11 is 5.90. The van der Waals surface area contributed by atoms with Crippen molar-refractivity contribution in [3.05, 3.63) is 68.5 Å². The van der Waals surface area contributed by atoms with Gasteiger partial charge in [-0.05, 0) is 67.5 Å². The highest BCUT2D eigenvalue weighted by Crippen LogP contribution is 2.28. The second-order valence-corrected chi connectivity index (χ2v) is 7.98. The van der Waals surface area contributed by atoms with Gasteiger partial charge in [-0.2, -0.15) is 0 Å². The molecule has 0 radical (unpaired) electrons. The minimum Gasteiger partial charge on any atom is -0.296 e. The van der Waals surface area contributed by atoms with Crippen LogP contribution in [-0.2, 0) is 6.42 Å². The minimum atomic E-state index is 0.0884. The summed E-state index contributed by atoms with van der Waals surface area (Å²) in [4.78, 5) is 22.1. The molecule has 2 aromatic heterocycles. The second kappa shape index (κ2) is 7.43. The first-order valence-electron chi connectivity index (χ1n) is 9.65. The van der Waals surface area contributed by atoms with E-state index in [9.17, 15) is 4.79 Å². The molecule has 0 spiro atoms. The fourth-order valence-electron chi connectivity index (χ4n) is 4.15. The molecule has 5 heteroatoms. The molecule has 0 atom stereocenters. The summed E-state index contributed by atoms with van der Waals surface area (Å²) in [5, 5.41) is 1.22. The molecule has 0 unspecified atom stereocenters. The molecular weight excluding hydrogens is 358 g/mol. The molecule has 1 fully saturated rings. The van der Waals surface area contributed by atoms with Crippen LogP contribution in [0.15, 0.2) is 35.5 Å². The van der Waals surface area contributed by atoms with Crippen LogP contribution in [0, 0.1) is 13.8 Å². The SMILES string of the molecule is Cc1c(Cc2ccc(Cl)nc2)cc2c(=O)n(C3CCCCC3)cnc2c1C. The van der Waals surface area contributed by atoms with Crippen molar-refractivity contribution in [2.75, 3.05) is 0 Å². The van der Waals surface area contributed by atoms with Crippen LogP contribution in [0.25, 0.3) is 10.9 Å². The lowest BCUT2D eigenvalue weighted by molar-refractivity contribution is 0.345. The highest BCUT2D eigenvalue weighted by Gasteiger charge is 2.19. The molecule has 0 N–H and O–H groups in total. The smallest absolute Gasteiger partial charge is 0.261 e. The van der Waals surface area contributed by atoms with Crippen molar-refractivity contribution in [1.82, 2.24) is 14.5 Å². The van der Waals surface area contributed by atoms with Crippen LogP contribution in [0.5, 0.6) is 0 Å². The van der Waals surface area contributed by atoms with Crippen molar-refractivity contribution < 1.29 is 0 Å². The minimum absolute atomic E-state index is 0.0884. The van der Waals surface area contributed by atoms with Gasteiger partial charge in [-0.1, -0.05) is 36.9 Å². The molecule has 0 saturated heterocycles. The average molecular weight is 382 g/mol. The Hall–Kier alpha value is -2.20. The van der Waals surface area contributed by atoms with Crippen LogP contribution < -0.4 is 5.56 Å². The molecule has 27 heavy (non-hydrogen) atoms. The zero-order valence-electron chi connectivity index (χ0n) is 15.8. The fourth-order valence-corrected chi connectivity index (χ4v) is 4.26. The molecule has 3 aromatic rings. The molecule has 1 saturated carbocycles. The predicted octanol–water partition coefficient (Wildman–Crippen LogP) is 5.16. The highest BCUT2D eigenvalue weighted by molar-refractivity contribution is 6.29. The number of aromatic nitrogens is 3. The van der Waals surface area contributed by atoms with Crippen LogP contribution in [-0.4, -0.2) is 14.5 Å². The van der Waals surface area contributed by atoms with E-state index in [2.05, 4.69) is 23.8 Å². The number of halogens is 1. The van der Waals surface area contributed by atoms with Crippen molar-refractivity contribution in [3.63, 3.8) is 0 Å². The molecule has 1 aliphatic carbocycles. The molecule has 4 rings (SSSR count). The second-order valence-electron chi connectivity index (χ2n) is 7.60. The number of nitrogens with zero attached hydrogens (tertiary/aromatic N) is 3. The topological polar surface area (TPSA) is 47.8 Å². The lowest BCUT2D eigenvalue weighted by atomic mass is 9.94. The summed E-state index contributed by atoms with van der Waals surface area (Å²) in [7, 11) is 0. The number of hydrogen-bond donors (Lipinski definition) is 0. The monoisotopic (exact) mass is 381 g/mol. The van der Waals surface area contributed by atoms with Gasteiger partial charge in [0.15, 0.2) is 0 Å². The lowest BCUT2D eigenvalue weighted by Gasteiger charge is -2.24. The van der Waals surface area contributed by atoms with E-state index in [1.54, 1.807) is 18.6 Å². The van der Waals surface area contributed by atoms with Gasteiger partial charge in [0, 0.05) is 12.2 Å². The Kier molecular flexibility index (Phi) is 5.00. The van der Waals surface area contributed by atoms with Crippen LogP contribution in [0.1, 0.15) is 60.4 Å². The van der Waals surface area contributed by atoms with Crippen molar-refractivity contribution in [2.45, 2.75) is 58.4 Å². The molecule has 1 aromatic carbocycles. The van der Waals surface area contributed by atoms with E-state index in [1.807, 2.05) is 16.7 Å². The number of benzene rings is 1. The van der Waals surface area contributed by atoms with E-state index in [0.717, 1.165) is 46.9 Å². The Morgan fingerprint density at radius 3 is 2.59 bits per heavy atom. The van der Waals surface area contributed by atoms with E-state index < -0.39 is 0 Å². The average Bonchev–Trinajstić information content (AvgIpc) is 2.69. The quantitative estimate of drug-likeness (QED) is 0.589. The lowest BCUT2D eigenvalue weighted by Crippen LogP contribution is -2.27. The Balaban J connectivity index is 1.80. The normalized spacial score (nSPS) is 15.4. The molecule has 0 bridgehead atoms. The molecule has 140 valence electrons. The molecule has 4 nitrogen and oxygen atoms in total. The van der Waals surface area contributed by atoms with Crippen LogP contribution in [0.4, 0.5) is 0 Å². The molecule has 0 amide bonds. The predicted molar refractivity (Wildman–Crippen MR) is 110 cm³/mol. The van der Waals surface area contributed by atoms with Gasteiger partial charge in [0.1, 0.15) is 5.15 Å². The first-order chi connectivity index (χ1) is 13.0. The van der Waals surface area contributed by atoms with Crippen molar-refractivity contribution in [2.24, 2.45) is 0 Å². The summed E-state index contributed by atoms with van der Waals surface area (Å²) in [6.45, 7) is 4.15. The third-order valence-corrected chi connectivity index (χ3v) is 6.12. The molecular formula is C22H24ClN3O. The maximum absolute atomic E-state index is 13.2. The zero-order chi connectivity index (χ0) is 19.0. The Morgan fingerprint density at radius 2 is 1.89 bits per heavy atom. The molecule has 0 aliphatic heterocycles. The first-order valence-corrected chi connectivity index (χ1v) is 10.0. The van der Waals surface area contributed by atoms with Gasteiger partial charge >= 0.3 is 0 Å². The van der Waals surface area contributed by atoms with Gasteiger partial charge in [-0.25, -0.2) is 9.97 Å². The van der Waals surface area contributed by atoms with Gasteiger partial charge in [-0.3, -0.25) is 9.36 Å². The summed E-state index contributed by atoms with van der Waals surface area (Å²) in [6, 6.07) is 6.10. The van der Waals surface area contributed by atoms with E-state index in [0.29, 0.717) is 5.15 Å². The largest absolute Gasteiger partial charge is 0.296 e. The number of hydrogen-bond acceptors (Lipinski definition) is 3. The summed E-state index contributed by atoms with van der Waals surface area (Å²) in [5.41, 5.74) is 5.40. The van der Waals surface area contributed by atoms with E-state index in [-0.39, 0.29) is 11.6 Å². The van der Waals surface area contributed by atoms with Gasteiger partial charge in [0.25, 0.3) is 5.56 Å². The van der Waals surface area contributed by atoms with Crippen LogP contribution in [0.2, 0.25) is 5.15 Å². The van der Waals surface area contributed by atoms with E-state index in [4.69, 9.17) is 11.6 Å². The van der Waals surface area contributed by atoms with E-state index in [1.165, 1.54) is 24.8 Å². The maximum atomic E-state index is 13.2. The number of rotatable bonds is 3. The van der Waals surface area contributed by atoms with Gasteiger partial charge in [0.05, 0.1) is 17.2 Å². The molecule has 1 aliphatic rings. The van der Waals surface area contributed by atoms with Crippen LogP contribution in [0.3, 0.4) is 0 Å². The van der Waals surface area contributed by atoms with Crippen molar-refractivity contribution in [1.29, 1.82) is 0 Å². The van der Waals surface area contributed by atoms with Gasteiger partial charge in [-0.15, -0.1) is 0 Å². The van der Waals surface area contributed by atoms with Gasteiger partial charge < -0.3 is 0 Å². The number of fused-ring (bicyclic) bond motifs is 1. The standard InChI is InChI=1S/C22H24ClN3O/c1-14-15(2)21-19(11-17(14)10-16-8-9-20(23)24-12-16)22(27)26(13-25-21)18-6-4-3-5-7-18/h8-9,11-13,18H,3-7,10H2,1-2H3. The summed E-state index contributed by atoms with van der Waals surface area (Å²) in [6.07, 6.45) is 10.1. The number of aryl methyl sites for hydroxylation is 1.